The molecule has 1 aromatic rings. The van der Waals surface area contributed by atoms with Crippen molar-refractivity contribution in [2.75, 3.05) is 0 Å². The van der Waals surface area contributed by atoms with Crippen molar-refractivity contribution in [1.29, 1.82) is 0 Å². The largest absolute Gasteiger partial charge is 0.344 e. The van der Waals surface area contributed by atoms with E-state index >= 15 is 0 Å². The second-order valence-electron chi connectivity index (χ2n) is 6.08. The zero-order valence-electron chi connectivity index (χ0n) is 12.8. The van der Waals surface area contributed by atoms with Crippen LogP contribution in [0.2, 0.25) is 5.15 Å². The summed E-state index contributed by atoms with van der Waals surface area (Å²) >= 11 is 6.22. The van der Waals surface area contributed by atoms with Crippen molar-refractivity contribution >= 4 is 11.6 Å². The first-order valence-corrected chi connectivity index (χ1v) is 8.57. The number of aromatic nitrogens is 2. The van der Waals surface area contributed by atoms with Crippen LogP contribution in [0.1, 0.15) is 70.3 Å². The number of hydrogen-bond acceptors (Lipinski definition) is 2. The second-order valence-corrected chi connectivity index (χ2v) is 6.43. The van der Waals surface area contributed by atoms with Crippen LogP contribution in [0.5, 0.6) is 0 Å². The van der Waals surface area contributed by atoms with E-state index in [-0.39, 0.29) is 0 Å². The number of rotatable bonds is 7. The van der Waals surface area contributed by atoms with E-state index in [2.05, 4.69) is 29.1 Å². The lowest BCUT2D eigenvalue weighted by molar-refractivity contribution is 0.278. The molecular formula is C16H28ClN3. The predicted molar refractivity (Wildman–Crippen MR) is 85.1 cm³/mol. The van der Waals surface area contributed by atoms with Gasteiger partial charge in [-0.2, -0.15) is 0 Å². The number of unbranched alkanes of at least 4 members (excludes halogenated alkanes) is 1. The van der Waals surface area contributed by atoms with Gasteiger partial charge in [0.05, 0.1) is 5.69 Å². The van der Waals surface area contributed by atoms with Gasteiger partial charge >= 0.3 is 0 Å². The molecule has 20 heavy (non-hydrogen) atoms. The molecule has 114 valence electrons. The normalized spacial score (nSPS) is 23.1. The van der Waals surface area contributed by atoms with Crippen molar-refractivity contribution in [2.24, 2.45) is 5.92 Å². The summed E-state index contributed by atoms with van der Waals surface area (Å²) in [5.74, 6) is 1.93. The Morgan fingerprint density at radius 2 is 2.20 bits per heavy atom. The fraction of sp³-hybridized carbons (Fsp3) is 0.812. The highest BCUT2D eigenvalue weighted by molar-refractivity contribution is 6.30. The van der Waals surface area contributed by atoms with Gasteiger partial charge in [0.1, 0.15) is 5.82 Å². The van der Waals surface area contributed by atoms with Crippen LogP contribution in [0.4, 0.5) is 0 Å². The Balaban J connectivity index is 1.82. The van der Waals surface area contributed by atoms with Crippen molar-refractivity contribution in [1.82, 2.24) is 15.3 Å². The minimum absolute atomic E-state index is 0.645. The van der Waals surface area contributed by atoms with Gasteiger partial charge in [-0.05, 0) is 25.2 Å². The van der Waals surface area contributed by atoms with Gasteiger partial charge < -0.3 is 10.3 Å². The van der Waals surface area contributed by atoms with E-state index in [1.54, 1.807) is 0 Å². The standard InChI is InChI=1S/C16H28ClN3/c1-3-5-9-15-19-14(16(17)20-15)11-18-13-8-6-7-12(4-2)10-13/h12-13,18H,3-11H2,1-2H3,(H,19,20). The predicted octanol–water partition coefficient (Wildman–Crippen LogP) is 4.46. The summed E-state index contributed by atoms with van der Waals surface area (Å²) in [6, 6.07) is 0.646. The first-order valence-electron chi connectivity index (χ1n) is 8.19. The van der Waals surface area contributed by atoms with Crippen molar-refractivity contribution in [3.8, 4) is 0 Å². The molecule has 2 rings (SSSR count). The summed E-state index contributed by atoms with van der Waals surface area (Å²) in [6.07, 6.45) is 10.0. The molecule has 0 saturated heterocycles. The smallest absolute Gasteiger partial charge is 0.151 e. The number of H-pyrrole nitrogens is 1. The Kier molecular flexibility index (Phi) is 6.37. The Hall–Kier alpha value is -0.540. The van der Waals surface area contributed by atoms with Gasteiger partial charge in [0.25, 0.3) is 0 Å². The molecule has 0 spiro atoms. The van der Waals surface area contributed by atoms with Gasteiger partial charge in [0.15, 0.2) is 5.15 Å². The van der Waals surface area contributed by atoms with E-state index in [9.17, 15) is 0 Å². The third-order valence-electron chi connectivity index (χ3n) is 4.47. The number of aromatic amines is 1. The third-order valence-corrected chi connectivity index (χ3v) is 4.78. The van der Waals surface area contributed by atoms with Gasteiger partial charge in [-0.15, -0.1) is 0 Å². The quantitative estimate of drug-likeness (QED) is 0.780. The van der Waals surface area contributed by atoms with Gasteiger partial charge in [0.2, 0.25) is 0 Å². The van der Waals surface area contributed by atoms with Crippen LogP contribution >= 0.6 is 11.6 Å². The van der Waals surface area contributed by atoms with Crippen LogP contribution < -0.4 is 5.32 Å². The lowest BCUT2D eigenvalue weighted by Gasteiger charge is -2.29. The highest BCUT2D eigenvalue weighted by Crippen LogP contribution is 2.27. The maximum Gasteiger partial charge on any atom is 0.151 e. The van der Waals surface area contributed by atoms with Gasteiger partial charge in [-0.25, -0.2) is 4.98 Å². The van der Waals surface area contributed by atoms with E-state index in [1.165, 1.54) is 38.5 Å². The first-order chi connectivity index (χ1) is 9.72. The molecule has 1 fully saturated rings. The number of nitrogens with zero attached hydrogens (tertiary/aromatic N) is 1. The lowest BCUT2D eigenvalue weighted by atomic mass is 9.84. The maximum atomic E-state index is 6.22. The molecule has 1 saturated carbocycles. The van der Waals surface area contributed by atoms with Crippen LogP contribution in [-0.4, -0.2) is 16.0 Å². The molecule has 1 aliphatic carbocycles. The molecule has 4 heteroatoms. The van der Waals surface area contributed by atoms with E-state index < -0.39 is 0 Å². The Morgan fingerprint density at radius 1 is 1.35 bits per heavy atom. The number of imidazole rings is 1. The SMILES string of the molecule is CCCCc1nc(Cl)c(CNC2CCCC(CC)C2)[nH]1. The Morgan fingerprint density at radius 3 is 2.95 bits per heavy atom. The van der Waals surface area contributed by atoms with Gasteiger partial charge in [0, 0.05) is 19.0 Å². The molecule has 0 aliphatic heterocycles. The topological polar surface area (TPSA) is 40.7 Å². The number of halogens is 1. The molecule has 0 radical (unpaired) electrons. The monoisotopic (exact) mass is 297 g/mol. The molecule has 0 aromatic carbocycles. The zero-order valence-corrected chi connectivity index (χ0v) is 13.6. The first kappa shape index (κ1) is 15.8. The molecule has 3 nitrogen and oxygen atoms in total. The van der Waals surface area contributed by atoms with E-state index in [4.69, 9.17) is 11.6 Å². The number of aryl methyl sites for hydroxylation is 1. The second kappa shape index (κ2) is 8.04. The summed E-state index contributed by atoms with van der Waals surface area (Å²) in [5.41, 5.74) is 1.05. The van der Waals surface area contributed by atoms with Crippen LogP contribution in [0, 0.1) is 5.92 Å². The fourth-order valence-electron chi connectivity index (χ4n) is 3.11. The molecule has 2 unspecified atom stereocenters. The minimum Gasteiger partial charge on any atom is -0.344 e. The van der Waals surface area contributed by atoms with Crippen LogP contribution in [-0.2, 0) is 13.0 Å². The third kappa shape index (κ3) is 4.49. The molecule has 1 aromatic heterocycles. The molecule has 2 atom stereocenters. The van der Waals surface area contributed by atoms with Crippen molar-refractivity contribution in [2.45, 2.75) is 77.8 Å². The Labute approximate surface area is 127 Å². The number of nitrogens with one attached hydrogen (secondary N) is 2. The highest BCUT2D eigenvalue weighted by atomic mass is 35.5. The highest BCUT2D eigenvalue weighted by Gasteiger charge is 2.20. The summed E-state index contributed by atoms with van der Waals surface area (Å²) in [4.78, 5) is 7.79. The van der Waals surface area contributed by atoms with Crippen molar-refractivity contribution in [3.05, 3.63) is 16.7 Å². The molecule has 1 heterocycles. The van der Waals surface area contributed by atoms with Gasteiger partial charge in [-0.3, -0.25) is 0 Å². The van der Waals surface area contributed by atoms with Crippen LogP contribution in [0.15, 0.2) is 0 Å². The lowest BCUT2D eigenvalue weighted by Crippen LogP contribution is -2.33. The van der Waals surface area contributed by atoms with Gasteiger partial charge in [-0.1, -0.05) is 51.1 Å². The number of hydrogen-bond donors (Lipinski definition) is 2. The summed E-state index contributed by atoms with van der Waals surface area (Å²) in [5, 5.41) is 4.30. The minimum atomic E-state index is 0.645. The molecule has 1 aliphatic rings. The Bertz CT molecular complexity index is 402. The molecule has 0 amide bonds. The van der Waals surface area contributed by atoms with Crippen molar-refractivity contribution in [3.63, 3.8) is 0 Å². The molecule has 0 bridgehead atoms. The summed E-state index contributed by atoms with van der Waals surface area (Å²) < 4.78 is 0. The van der Waals surface area contributed by atoms with Crippen molar-refractivity contribution < 1.29 is 0 Å². The average Bonchev–Trinajstić information content (AvgIpc) is 2.83. The average molecular weight is 298 g/mol. The summed E-state index contributed by atoms with van der Waals surface area (Å²) in [7, 11) is 0. The van der Waals surface area contributed by atoms with E-state index in [0.717, 1.165) is 36.8 Å². The maximum absolute atomic E-state index is 6.22. The van der Waals surface area contributed by atoms with Crippen LogP contribution in [0.3, 0.4) is 0 Å². The zero-order chi connectivity index (χ0) is 14.4. The molecular weight excluding hydrogens is 270 g/mol. The van der Waals surface area contributed by atoms with E-state index in [0.29, 0.717) is 11.2 Å². The van der Waals surface area contributed by atoms with E-state index in [1.807, 2.05) is 0 Å². The fourth-order valence-corrected chi connectivity index (χ4v) is 3.33. The molecule has 2 N–H and O–H groups in total. The summed E-state index contributed by atoms with van der Waals surface area (Å²) in [6.45, 7) is 5.32. The van der Waals surface area contributed by atoms with Crippen LogP contribution in [0.25, 0.3) is 0 Å².